The van der Waals surface area contributed by atoms with Crippen LogP contribution in [0.3, 0.4) is 0 Å². The summed E-state index contributed by atoms with van der Waals surface area (Å²) in [6.07, 6.45) is 60.1. The largest absolute Gasteiger partial charge is 0.462 e. The molecule has 6 heteroatoms. The molecule has 0 aromatic rings. The Labute approximate surface area is 392 Å². The Morgan fingerprint density at radius 1 is 0.302 bits per heavy atom. The molecule has 1 atom stereocenters. The Morgan fingerprint density at radius 2 is 0.524 bits per heavy atom. The molecule has 0 aliphatic rings. The molecule has 6 nitrogen and oxygen atoms in total. The molecule has 0 amide bonds. The van der Waals surface area contributed by atoms with Gasteiger partial charge in [-0.2, -0.15) is 0 Å². The van der Waals surface area contributed by atoms with E-state index in [1.807, 2.05) is 0 Å². The van der Waals surface area contributed by atoms with Crippen LogP contribution in [0.25, 0.3) is 0 Å². The van der Waals surface area contributed by atoms with Crippen LogP contribution in [-0.2, 0) is 28.6 Å². The number of ether oxygens (including phenoxy) is 3. The Hall–Kier alpha value is -2.11. The highest BCUT2D eigenvalue weighted by Gasteiger charge is 2.19. The predicted molar refractivity (Wildman–Crippen MR) is 270 cm³/mol. The lowest BCUT2D eigenvalue weighted by atomic mass is 10.0. The molecule has 0 bridgehead atoms. The van der Waals surface area contributed by atoms with Crippen LogP contribution in [-0.4, -0.2) is 37.2 Å². The van der Waals surface area contributed by atoms with Crippen molar-refractivity contribution in [3.8, 4) is 0 Å². The van der Waals surface area contributed by atoms with Crippen LogP contribution in [0.2, 0.25) is 0 Å². The number of hydrogen-bond donors (Lipinski definition) is 0. The van der Waals surface area contributed by atoms with Gasteiger partial charge in [-0.3, -0.25) is 14.4 Å². The fraction of sp³-hybridized carbons (Fsp3) is 0.877. The van der Waals surface area contributed by atoms with Crippen molar-refractivity contribution in [2.75, 3.05) is 13.2 Å². The quantitative estimate of drug-likeness (QED) is 0.0262. The van der Waals surface area contributed by atoms with Crippen LogP contribution < -0.4 is 0 Å². The molecule has 0 rings (SSSR count). The zero-order chi connectivity index (χ0) is 45.8. The van der Waals surface area contributed by atoms with Gasteiger partial charge in [0, 0.05) is 19.3 Å². The molecule has 0 aliphatic heterocycles. The summed E-state index contributed by atoms with van der Waals surface area (Å²) in [7, 11) is 0. The lowest BCUT2D eigenvalue weighted by Crippen LogP contribution is -2.30. The third-order valence-corrected chi connectivity index (χ3v) is 12.4. The highest BCUT2D eigenvalue weighted by atomic mass is 16.6. The number of carbonyl (C=O) groups is 3. The summed E-state index contributed by atoms with van der Waals surface area (Å²) in [6, 6.07) is 0. The van der Waals surface area contributed by atoms with Crippen molar-refractivity contribution in [1.82, 2.24) is 0 Å². The van der Waals surface area contributed by atoms with Gasteiger partial charge in [-0.15, -0.1) is 0 Å². The second-order valence-electron chi connectivity index (χ2n) is 18.8. The standard InChI is InChI=1S/C57H106O6/c1-4-7-10-13-16-19-22-25-27-28-30-33-36-39-42-45-48-51-57(60)63-54(52-61-55(58)49-46-43-40-37-34-31-24-21-18-15-12-9-6-3)53-62-56(59)50-47-44-41-38-35-32-29-26-23-20-17-14-11-8-5-2/h20,23,25,27,54H,4-19,21-22,24,26,28-53H2,1-3H3/b23-20-,27-25-/t54-/m0/s1. The molecular weight excluding hydrogens is 781 g/mol. The van der Waals surface area contributed by atoms with Crippen LogP contribution in [0.1, 0.15) is 303 Å². The van der Waals surface area contributed by atoms with Gasteiger partial charge in [-0.25, -0.2) is 0 Å². The Balaban J connectivity index is 4.34. The van der Waals surface area contributed by atoms with Crippen molar-refractivity contribution < 1.29 is 28.6 Å². The summed E-state index contributed by atoms with van der Waals surface area (Å²) in [4.78, 5) is 38.1. The summed E-state index contributed by atoms with van der Waals surface area (Å²) in [5.41, 5.74) is 0. The number of esters is 3. The lowest BCUT2D eigenvalue weighted by molar-refractivity contribution is -0.167. The first-order chi connectivity index (χ1) is 31.0. The smallest absolute Gasteiger partial charge is 0.306 e. The normalized spacial score (nSPS) is 12.1. The molecule has 0 N–H and O–H groups in total. The van der Waals surface area contributed by atoms with Gasteiger partial charge in [-0.05, 0) is 70.6 Å². The van der Waals surface area contributed by atoms with Gasteiger partial charge in [0.05, 0.1) is 0 Å². The van der Waals surface area contributed by atoms with E-state index in [1.165, 1.54) is 205 Å². The minimum Gasteiger partial charge on any atom is -0.462 e. The third kappa shape index (κ3) is 50.7. The summed E-state index contributed by atoms with van der Waals surface area (Å²) >= 11 is 0. The van der Waals surface area contributed by atoms with E-state index in [2.05, 4.69) is 45.1 Å². The van der Waals surface area contributed by atoms with Gasteiger partial charge in [0.1, 0.15) is 13.2 Å². The van der Waals surface area contributed by atoms with Gasteiger partial charge >= 0.3 is 17.9 Å². The van der Waals surface area contributed by atoms with Gasteiger partial charge in [-0.1, -0.05) is 238 Å². The Kier molecular flexibility index (Phi) is 50.8. The van der Waals surface area contributed by atoms with Crippen LogP contribution in [0.5, 0.6) is 0 Å². The van der Waals surface area contributed by atoms with Crippen molar-refractivity contribution in [1.29, 1.82) is 0 Å². The average Bonchev–Trinajstić information content (AvgIpc) is 3.28. The first-order valence-electron chi connectivity index (χ1n) is 27.8. The molecule has 370 valence electrons. The number of unbranched alkanes of at least 4 members (excludes halogenated alkanes) is 36. The van der Waals surface area contributed by atoms with E-state index in [0.717, 1.165) is 57.8 Å². The highest BCUT2D eigenvalue weighted by molar-refractivity contribution is 5.71. The highest BCUT2D eigenvalue weighted by Crippen LogP contribution is 2.16. The first kappa shape index (κ1) is 60.9. The van der Waals surface area contributed by atoms with Crippen LogP contribution in [0.4, 0.5) is 0 Å². The second kappa shape index (κ2) is 52.5. The van der Waals surface area contributed by atoms with E-state index in [0.29, 0.717) is 19.3 Å². The fourth-order valence-corrected chi connectivity index (χ4v) is 8.20. The number of carbonyl (C=O) groups excluding carboxylic acids is 3. The number of rotatable bonds is 51. The molecule has 0 aromatic carbocycles. The maximum atomic E-state index is 12.8. The molecule has 0 saturated heterocycles. The van der Waals surface area contributed by atoms with Crippen LogP contribution >= 0.6 is 0 Å². The van der Waals surface area contributed by atoms with Crippen molar-refractivity contribution in [3.05, 3.63) is 24.3 Å². The van der Waals surface area contributed by atoms with E-state index in [1.54, 1.807) is 0 Å². The van der Waals surface area contributed by atoms with E-state index < -0.39 is 6.10 Å². The van der Waals surface area contributed by atoms with Gasteiger partial charge in [0.25, 0.3) is 0 Å². The van der Waals surface area contributed by atoms with Gasteiger partial charge < -0.3 is 14.2 Å². The maximum absolute atomic E-state index is 12.8. The SMILES string of the molecule is CCCCCC/C=C\CCCCCCCCCC(=O)OC[C@H](COC(=O)CCCCCCCCCCCCCCC)OC(=O)CCCCCCCCC/C=C\CCCCCCCC. The topological polar surface area (TPSA) is 78.9 Å². The lowest BCUT2D eigenvalue weighted by Gasteiger charge is -2.18. The zero-order valence-corrected chi connectivity index (χ0v) is 42.4. The molecule has 0 saturated carbocycles. The van der Waals surface area contributed by atoms with Crippen LogP contribution in [0, 0.1) is 0 Å². The number of allylic oxidation sites excluding steroid dienone is 4. The van der Waals surface area contributed by atoms with Gasteiger partial charge in [0.2, 0.25) is 0 Å². The Bertz CT molecular complexity index is 1020. The molecular formula is C57H106O6. The fourth-order valence-electron chi connectivity index (χ4n) is 8.20. The summed E-state index contributed by atoms with van der Waals surface area (Å²) in [6.45, 7) is 6.65. The van der Waals surface area contributed by atoms with Crippen molar-refractivity contribution in [3.63, 3.8) is 0 Å². The molecule has 0 unspecified atom stereocenters. The summed E-state index contributed by atoms with van der Waals surface area (Å²) < 4.78 is 16.8. The monoisotopic (exact) mass is 887 g/mol. The van der Waals surface area contributed by atoms with Crippen molar-refractivity contribution in [2.24, 2.45) is 0 Å². The summed E-state index contributed by atoms with van der Waals surface area (Å²) in [5, 5.41) is 0. The molecule has 0 aromatic heterocycles. The Morgan fingerprint density at radius 3 is 0.810 bits per heavy atom. The minimum absolute atomic E-state index is 0.0702. The first-order valence-corrected chi connectivity index (χ1v) is 27.8. The van der Waals surface area contributed by atoms with Crippen molar-refractivity contribution in [2.45, 2.75) is 309 Å². The van der Waals surface area contributed by atoms with Crippen LogP contribution in [0.15, 0.2) is 24.3 Å². The third-order valence-electron chi connectivity index (χ3n) is 12.4. The maximum Gasteiger partial charge on any atom is 0.306 e. The summed E-state index contributed by atoms with van der Waals surface area (Å²) in [5.74, 6) is -0.862. The van der Waals surface area contributed by atoms with E-state index in [4.69, 9.17) is 14.2 Å². The average molecular weight is 887 g/mol. The molecule has 0 heterocycles. The molecule has 63 heavy (non-hydrogen) atoms. The minimum atomic E-state index is -0.771. The van der Waals surface area contributed by atoms with E-state index >= 15 is 0 Å². The molecule has 0 radical (unpaired) electrons. The molecule has 0 spiro atoms. The molecule has 0 fully saturated rings. The van der Waals surface area contributed by atoms with E-state index in [-0.39, 0.29) is 31.1 Å². The molecule has 0 aliphatic carbocycles. The second-order valence-corrected chi connectivity index (χ2v) is 18.8. The zero-order valence-electron chi connectivity index (χ0n) is 42.4. The predicted octanol–water partition coefficient (Wildman–Crippen LogP) is 18.3. The van der Waals surface area contributed by atoms with E-state index in [9.17, 15) is 14.4 Å². The number of hydrogen-bond acceptors (Lipinski definition) is 6. The van der Waals surface area contributed by atoms with Gasteiger partial charge in [0.15, 0.2) is 6.10 Å². The van der Waals surface area contributed by atoms with Crippen molar-refractivity contribution >= 4 is 17.9 Å².